The molecule has 1 unspecified atom stereocenters. The molecule has 2 N–H and O–H groups in total. The number of halogens is 1. The summed E-state index contributed by atoms with van der Waals surface area (Å²) in [5.74, 6) is 0.290. The average molecular weight is 374 g/mol. The number of amides is 1. The van der Waals surface area contributed by atoms with Gasteiger partial charge in [-0.05, 0) is 42.5 Å². The molecule has 5 heteroatoms. The molecule has 0 saturated carbocycles. The quantitative estimate of drug-likeness (QED) is 0.838. The molecule has 1 aliphatic rings. The molecule has 0 spiro atoms. The first-order chi connectivity index (χ1) is 12.6. The Balaban J connectivity index is 1.83. The van der Waals surface area contributed by atoms with Crippen LogP contribution in [-0.4, -0.2) is 40.7 Å². The van der Waals surface area contributed by atoms with Crippen LogP contribution in [0.5, 0.6) is 5.75 Å². The highest BCUT2D eigenvalue weighted by atomic mass is 35.5. The van der Waals surface area contributed by atoms with Crippen LogP contribution in [0.4, 0.5) is 0 Å². The van der Waals surface area contributed by atoms with Crippen molar-refractivity contribution in [3.63, 3.8) is 0 Å². The molecule has 2 aromatic rings. The summed E-state index contributed by atoms with van der Waals surface area (Å²) in [7, 11) is 0. The predicted octanol–water partition coefficient (Wildman–Crippen LogP) is 3.80. The van der Waals surface area contributed by atoms with E-state index in [-0.39, 0.29) is 30.6 Å². The van der Waals surface area contributed by atoms with E-state index < -0.39 is 0 Å². The molecular formula is C21H24ClNO3. The summed E-state index contributed by atoms with van der Waals surface area (Å²) in [4.78, 5) is 14.8. The highest BCUT2D eigenvalue weighted by Crippen LogP contribution is 2.35. The molecule has 4 nitrogen and oxygen atoms in total. The second-order valence-electron chi connectivity index (χ2n) is 6.88. The number of phenolic OH excluding ortho intramolecular Hbond substituents is 1. The van der Waals surface area contributed by atoms with E-state index in [1.54, 1.807) is 18.2 Å². The number of hydrogen-bond acceptors (Lipinski definition) is 3. The van der Waals surface area contributed by atoms with Crippen LogP contribution >= 0.6 is 11.6 Å². The van der Waals surface area contributed by atoms with E-state index in [9.17, 15) is 15.0 Å². The van der Waals surface area contributed by atoms with Crippen LogP contribution in [0, 0.1) is 5.92 Å². The van der Waals surface area contributed by atoms with Crippen LogP contribution < -0.4 is 0 Å². The first-order valence-corrected chi connectivity index (χ1v) is 9.38. The Kier molecular flexibility index (Phi) is 6.17. The number of rotatable bonds is 5. The second kappa shape index (κ2) is 8.56. The zero-order valence-electron chi connectivity index (χ0n) is 14.6. The van der Waals surface area contributed by atoms with Crippen molar-refractivity contribution in [2.45, 2.75) is 25.2 Å². The number of phenols is 1. The SMILES string of the molecule is O=C(CC(c1cccc(Cl)c1)c1ccccc1O)N1CCC(CO)CC1. The molecule has 1 aliphatic heterocycles. The number of likely N-dealkylation sites (tertiary alicyclic amines) is 1. The van der Waals surface area contributed by atoms with Crippen LogP contribution in [0.2, 0.25) is 5.02 Å². The van der Waals surface area contributed by atoms with Gasteiger partial charge in [-0.3, -0.25) is 4.79 Å². The molecule has 0 aliphatic carbocycles. The normalized spacial score (nSPS) is 16.5. The zero-order valence-corrected chi connectivity index (χ0v) is 15.4. The topological polar surface area (TPSA) is 60.8 Å². The first kappa shape index (κ1) is 18.7. The Hall–Kier alpha value is -2.04. The summed E-state index contributed by atoms with van der Waals surface area (Å²) in [5, 5.41) is 20.2. The number of aliphatic hydroxyl groups excluding tert-OH is 1. The Labute approximate surface area is 159 Å². The van der Waals surface area contributed by atoms with Crippen molar-refractivity contribution in [1.82, 2.24) is 4.90 Å². The van der Waals surface area contributed by atoms with Gasteiger partial charge in [0.25, 0.3) is 0 Å². The molecule has 1 heterocycles. The molecule has 1 atom stereocenters. The van der Waals surface area contributed by atoms with Crippen molar-refractivity contribution in [1.29, 1.82) is 0 Å². The Morgan fingerprint density at radius 1 is 1.15 bits per heavy atom. The molecule has 138 valence electrons. The summed E-state index contributed by atoms with van der Waals surface area (Å²) in [6, 6.07) is 14.6. The third-order valence-electron chi connectivity index (χ3n) is 5.17. The molecule has 2 aromatic carbocycles. The molecular weight excluding hydrogens is 350 g/mol. The van der Waals surface area contributed by atoms with Crippen molar-refractivity contribution >= 4 is 17.5 Å². The lowest BCUT2D eigenvalue weighted by Gasteiger charge is -2.32. The number of para-hydroxylation sites is 1. The number of aliphatic hydroxyl groups is 1. The van der Waals surface area contributed by atoms with Crippen molar-refractivity contribution in [3.05, 3.63) is 64.7 Å². The van der Waals surface area contributed by atoms with Crippen LogP contribution in [-0.2, 0) is 4.79 Å². The van der Waals surface area contributed by atoms with Gasteiger partial charge in [-0.1, -0.05) is 41.9 Å². The van der Waals surface area contributed by atoms with Crippen molar-refractivity contribution in [2.75, 3.05) is 19.7 Å². The van der Waals surface area contributed by atoms with Gasteiger partial charge in [0.05, 0.1) is 0 Å². The van der Waals surface area contributed by atoms with Gasteiger partial charge in [0.2, 0.25) is 5.91 Å². The lowest BCUT2D eigenvalue weighted by Crippen LogP contribution is -2.39. The van der Waals surface area contributed by atoms with E-state index >= 15 is 0 Å². The van der Waals surface area contributed by atoms with Gasteiger partial charge in [0.1, 0.15) is 5.75 Å². The predicted molar refractivity (Wildman–Crippen MR) is 102 cm³/mol. The van der Waals surface area contributed by atoms with E-state index in [0.717, 1.165) is 24.0 Å². The molecule has 1 amide bonds. The summed E-state index contributed by atoms with van der Waals surface area (Å²) in [6.45, 7) is 1.53. The van der Waals surface area contributed by atoms with Gasteiger partial charge < -0.3 is 15.1 Å². The number of aromatic hydroxyl groups is 1. The zero-order chi connectivity index (χ0) is 18.5. The number of piperidine rings is 1. The number of nitrogens with zero attached hydrogens (tertiary/aromatic N) is 1. The first-order valence-electron chi connectivity index (χ1n) is 9.00. The largest absolute Gasteiger partial charge is 0.508 e. The molecule has 1 saturated heterocycles. The number of carbonyl (C=O) groups is 1. The maximum atomic E-state index is 12.9. The Bertz CT molecular complexity index is 756. The Morgan fingerprint density at radius 2 is 1.88 bits per heavy atom. The fraction of sp³-hybridized carbons (Fsp3) is 0.381. The summed E-state index contributed by atoms with van der Waals surface area (Å²) < 4.78 is 0. The van der Waals surface area contributed by atoms with E-state index in [2.05, 4.69) is 0 Å². The number of carbonyl (C=O) groups excluding carboxylic acids is 1. The van der Waals surface area contributed by atoms with Gasteiger partial charge in [-0.15, -0.1) is 0 Å². The lowest BCUT2D eigenvalue weighted by atomic mass is 9.87. The molecule has 26 heavy (non-hydrogen) atoms. The van der Waals surface area contributed by atoms with Crippen molar-refractivity contribution in [2.24, 2.45) is 5.92 Å². The monoisotopic (exact) mass is 373 g/mol. The summed E-state index contributed by atoms with van der Waals surface area (Å²) in [5.41, 5.74) is 1.64. The van der Waals surface area contributed by atoms with Crippen molar-refractivity contribution in [3.8, 4) is 5.75 Å². The van der Waals surface area contributed by atoms with Crippen LogP contribution in [0.15, 0.2) is 48.5 Å². The summed E-state index contributed by atoms with van der Waals surface area (Å²) >= 11 is 6.15. The van der Waals surface area contributed by atoms with Gasteiger partial charge in [-0.2, -0.15) is 0 Å². The molecule has 0 aromatic heterocycles. The molecule has 0 bridgehead atoms. The minimum Gasteiger partial charge on any atom is -0.508 e. The molecule has 1 fully saturated rings. The van der Waals surface area contributed by atoms with E-state index in [1.807, 2.05) is 35.2 Å². The highest BCUT2D eigenvalue weighted by Gasteiger charge is 2.27. The minimum absolute atomic E-state index is 0.0645. The number of benzene rings is 2. The summed E-state index contributed by atoms with van der Waals surface area (Å²) in [6.07, 6.45) is 1.95. The number of hydrogen-bond donors (Lipinski definition) is 2. The third-order valence-corrected chi connectivity index (χ3v) is 5.40. The van der Waals surface area contributed by atoms with Gasteiger partial charge in [0.15, 0.2) is 0 Å². The lowest BCUT2D eigenvalue weighted by molar-refractivity contribution is -0.133. The highest BCUT2D eigenvalue weighted by molar-refractivity contribution is 6.30. The van der Waals surface area contributed by atoms with Crippen LogP contribution in [0.1, 0.15) is 36.3 Å². The second-order valence-corrected chi connectivity index (χ2v) is 7.31. The van der Waals surface area contributed by atoms with E-state index in [0.29, 0.717) is 24.0 Å². The average Bonchev–Trinajstić information content (AvgIpc) is 2.66. The fourth-order valence-electron chi connectivity index (χ4n) is 3.58. The minimum atomic E-state index is -0.252. The third kappa shape index (κ3) is 4.37. The fourth-order valence-corrected chi connectivity index (χ4v) is 3.78. The van der Waals surface area contributed by atoms with Gasteiger partial charge in [-0.25, -0.2) is 0 Å². The maximum Gasteiger partial charge on any atom is 0.223 e. The van der Waals surface area contributed by atoms with Crippen molar-refractivity contribution < 1.29 is 15.0 Å². The molecule has 3 rings (SSSR count). The van der Waals surface area contributed by atoms with E-state index in [4.69, 9.17) is 11.6 Å². The maximum absolute atomic E-state index is 12.9. The standard InChI is InChI=1S/C21H24ClNO3/c22-17-5-3-4-16(12-17)19(18-6-1-2-7-20(18)25)13-21(26)23-10-8-15(14-24)9-11-23/h1-7,12,15,19,24-25H,8-11,13-14H2. The Morgan fingerprint density at radius 3 is 2.54 bits per heavy atom. The van der Waals surface area contributed by atoms with Crippen LogP contribution in [0.3, 0.4) is 0 Å². The molecule has 0 radical (unpaired) electrons. The smallest absolute Gasteiger partial charge is 0.223 e. The van der Waals surface area contributed by atoms with Gasteiger partial charge in [0, 0.05) is 42.6 Å². The van der Waals surface area contributed by atoms with Crippen LogP contribution in [0.25, 0.3) is 0 Å². The van der Waals surface area contributed by atoms with Gasteiger partial charge >= 0.3 is 0 Å². The van der Waals surface area contributed by atoms with E-state index in [1.165, 1.54) is 0 Å².